The first kappa shape index (κ1) is 15.6. The van der Waals surface area contributed by atoms with Gasteiger partial charge in [-0.2, -0.15) is 0 Å². The zero-order valence-corrected chi connectivity index (χ0v) is 14.5. The normalized spacial score (nSPS) is 11.3. The van der Waals surface area contributed by atoms with Gasteiger partial charge < -0.3 is 5.11 Å². The molecule has 0 aliphatic heterocycles. The Hall–Kier alpha value is -0.760. The molecule has 0 aliphatic rings. The summed E-state index contributed by atoms with van der Waals surface area (Å²) in [5, 5.41) is 9.89. The van der Waals surface area contributed by atoms with E-state index in [4.69, 9.17) is 11.6 Å². The standard InChI is InChI=1S/C12H8Br2ClNO3S/c13-7-4-5-11(9(15)6-7)20(18,19)16-10-3-1-2-8(14)12(10)17/h1-6,16-17H. The molecule has 0 saturated heterocycles. The summed E-state index contributed by atoms with van der Waals surface area (Å²) in [5.41, 5.74) is 0.0679. The van der Waals surface area contributed by atoms with E-state index < -0.39 is 10.0 Å². The molecule has 0 saturated carbocycles. The molecule has 0 bridgehead atoms. The Morgan fingerprint density at radius 2 is 1.85 bits per heavy atom. The summed E-state index contributed by atoms with van der Waals surface area (Å²) in [6.07, 6.45) is 0. The second-order valence-electron chi connectivity index (χ2n) is 3.82. The van der Waals surface area contributed by atoms with Crippen LogP contribution >= 0.6 is 43.5 Å². The Kier molecular flexibility index (Phi) is 4.63. The third-order valence-electron chi connectivity index (χ3n) is 2.41. The van der Waals surface area contributed by atoms with Crippen LogP contribution in [0, 0.1) is 0 Å². The monoisotopic (exact) mass is 439 g/mol. The van der Waals surface area contributed by atoms with E-state index in [9.17, 15) is 13.5 Å². The fourth-order valence-corrected chi connectivity index (χ4v) is 3.96. The van der Waals surface area contributed by atoms with Crippen LogP contribution < -0.4 is 4.72 Å². The molecule has 0 heterocycles. The van der Waals surface area contributed by atoms with Crippen molar-refractivity contribution in [2.24, 2.45) is 0 Å². The lowest BCUT2D eigenvalue weighted by Crippen LogP contribution is -2.13. The highest BCUT2D eigenvalue weighted by atomic mass is 79.9. The van der Waals surface area contributed by atoms with E-state index in [2.05, 4.69) is 36.6 Å². The van der Waals surface area contributed by atoms with Gasteiger partial charge in [-0.1, -0.05) is 33.6 Å². The van der Waals surface area contributed by atoms with E-state index in [0.717, 1.165) is 0 Å². The van der Waals surface area contributed by atoms with Crippen LogP contribution in [0.25, 0.3) is 0 Å². The van der Waals surface area contributed by atoms with Gasteiger partial charge in [-0.25, -0.2) is 8.42 Å². The number of halogens is 3. The lowest BCUT2D eigenvalue weighted by molar-refractivity contribution is 0.474. The van der Waals surface area contributed by atoms with Crippen molar-refractivity contribution >= 4 is 59.2 Å². The van der Waals surface area contributed by atoms with Crippen molar-refractivity contribution in [3.63, 3.8) is 0 Å². The number of rotatable bonds is 3. The molecular weight excluding hydrogens is 433 g/mol. The smallest absolute Gasteiger partial charge is 0.263 e. The van der Waals surface area contributed by atoms with Crippen LogP contribution in [-0.2, 0) is 10.0 Å². The van der Waals surface area contributed by atoms with Crippen LogP contribution in [0.5, 0.6) is 5.75 Å². The van der Waals surface area contributed by atoms with Gasteiger partial charge >= 0.3 is 0 Å². The number of para-hydroxylation sites is 1. The summed E-state index contributed by atoms with van der Waals surface area (Å²) in [4.78, 5) is -0.0678. The van der Waals surface area contributed by atoms with Crippen LogP contribution in [0.15, 0.2) is 50.2 Å². The molecule has 0 spiro atoms. The maximum atomic E-state index is 12.3. The first-order valence-corrected chi connectivity index (χ1v) is 8.71. The molecule has 20 heavy (non-hydrogen) atoms. The van der Waals surface area contributed by atoms with Crippen molar-refractivity contribution in [2.75, 3.05) is 4.72 Å². The molecule has 0 unspecified atom stereocenters. The summed E-state index contributed by atoms with van der Waals surface area (Å²) in [6.45, 7) is 0. The van der Waals surface area contributed by atoms with Gasteiger partial charge in [0.25, 0.3) is 10.0 Å². The predicted octanol–water partition coefficient (Wildman–Crippen LogP) is 4.37. The number of phenolic OH excluding ortho intramolecular Hbond substituents is 1. The van der Waals surface area contributed by atoms with Crippen molar-refractivity contribution in [3.05, 3.63) is 50.4 Å². The third-order valence-corrected chi connectivity index (χ3v) is 5.40. The van der Waals surface area contributed by atoms with Gasteiger partial charge in [0.1, 0.15) is 4.90 Å². The number of benzene rings is 2. The molecular formula is C12H8Br2ClNO3S. The second kappa shape index (κ2) is 5.93. The largest absolute Gasteiger partial charge is 0.505 e. The zero-order chi connectivity index (χ0) is 14.9. The maximum Gasteiger partial charge on any atom is 0.263 e. The van der Waals surface area contributed by atoms with Crippen molar-refractivity contribution in [3.8, 4) is 5.75 Å². The molecule has 106 valence electrons. The molecule has 0 aromatic heterocycles. The highest BCUT2D eigenvalue weighted by Crippen LogP contribution is 2.34. The van der Waals surface area contributed by atoms with Crippen LogP contribution in [0.4, 0.5) is 5.69 Å². The number of sulfonamides is 1. The van der Waals surface area contributed by atoms with Crippen LogP contribution in [0.2, 0.25) is 5.02 Å². The van der Waals surface area contributed by atoms with Gasteiger partial charge in [-0.15, -0.1) is 0 Å². The van der Waals surface area contributed by atoms with Crippen LogP contribution in [-0.4, -0.2) is 13.5 Å². The third kappa shape index (κ3) is 3.28. The van der Waals surface area contributed by atoms with E-state index >= 15 is 0 Å². The molecule has 0 amide bonds. The van der Waals surface area contributed by atoms with E-state index in [1.54, 1.807) is 18.2 Å². The summed E-state index contributed by atoms with van der Waals surface area (Å²) in [7, 11) is -3.88. The molecule has 2 N–H and O–H groups in total. The highest BCUT2D eigenvalue weighted by molar-refractivity contribution is 9.10. The van der Waals surface area contributed by atoms with Gasteiger partial charge in [0.2, 0.25) is 0 Å². The van der Waals surface area contributed by atoms with Gasteiger partial charge in [0, 0.05) is 4.47 Å². The first-order chi connectivity index (χ1) is 9.31. The minimum atomic E-state index is -3.88. The van der Waals surface area contributed by atoms with E-state index in [1.165, 1.54) is 18.2 Å². The summed E-state index contributed by atoms with van der Waals surface area (Å²) >= 11 is 12.3. The topological polar surface area (TPSA) is 66.4 Å². The second-order valence-corrected chi connectivity index (χ2v) is 7.64. The molecule has 2 aromatic rings. The lowest BCUT2D eigenvalue weighted by atomic mass is 10.3. The summed E-state index contributed by atoms with van der Waals surface area (Å²) < 4.78 is 27.9. The number of hydrogen-bond acceptors (Lipinski definition) is 3. The number of aromatic hydroxyl groups is 1. The molecule has 2 rings (SSSR count). The van der Waals surface area contributed by atoms with Crippen molar-refractivity contribution in [1.82, 2.24) is 0 Å². The fraction of sp³-hybridized carbons (Fsp3) is 0. The molecule has 0 fully saturated rings. The summed E-state index contributed by atoms with van der Waals surface area (Å²) in [6, 6.07) is 9.08. The average Bonchev–Trinajstić information content (AvgIpc) is 2.34. The predicted molar refractivity (Wildman–Crippen MR) is 85.8 cm³/mol. The molecule has 0 atom stereocenters. The quantitative estimate of drug-likeness (QED) is 0.695. The average molecular weight is 442 g/mol. The minimum Gasteiger partial charge on any atom is -0.505 e. The maximum absolute atomic E-state index is 12.3. The van der Waals surface area contributed by atoms with E-state index in [1.807, 2.05) is 0 Å². The van der Waals surface area contributed by atoms with Gasteiger partial charge in [0.15, 0.2) is 5.75 Å². The summed E-state index contributed by atoms with van der Waals surface area (Å²) in [5.74, 6) is -0.190. The van der Waals surface area contributed by atoms with E-state index in [0.29, 0.717) is 8.95 Å². The number of hydrogen-bond donors (Lipinski definition) is 2. The van der Waals surface area contributed by atoms with Gasteiger partial charge in [-0.05, 0) is 46.3 Å². The fourth-order valence-electron chi connectivity index (χ4n) is 1.49. The Balaban J connectivity index is 2.44. The first-order valence-electron chi connectivity index (χ1n) is 5.26. The van der Waals surface area contributed by atoms with Gasteiger partial charge in [-0.3, -0.25) is 4.72 Å². The molecule has 0 aliphatic carbocycles. The van der Waals surface area contributed by atoms with Crippen LogP contribution in [0.1, 0.15) is 0 Å². The number of nitrogens with one attached hydrogen (secondary N) is 1. The number of anilines is 1. The Bertz CT molecular complexity index is 765. The number of phenols is 1. The Labute approximate surface area is 138 Å². The minimum absolute atomic E-state index is 0.0678. The van der Waals surface area contributed by atoms with Crippen molar-refractivity contribution in [1.29, 1.82) is 0 Å². The van der Waals surface area contributed by atoms with Crippen molar-refractivity contribution in [2.45, 2.75) is 4.90 Å². The Morgan fingerprint density at radius 1 is 1.15 bits per heavy atom. The van der Waals surface area contributed by atoms with Crippen molar-refractivity contribution < 1.29 is 13.5 Å². The van der Waals surface area contributed by atoms with Gasteiger partial charge in [0.05, 0.1) is 15.2 Å². The lowest BCUT2D eigenvalue weighted by Gasteiger charge is -2.11. The Morgan fingerprint density at radius 3 is 2.50 bits per heavy atom. The molecule has 4 nitrogen and oxygen atoms in total. The highest BCUT2D eigenvalue weighted by Gasteiger charge is 2.20. The van der Waals surface area contributed by atoms with E-state index in [-0.39, 0.29) is 21.4 Å². The molecule has 2 aromatic carbocycles. The SMILES string of the molecule is O=S(=O)(Nc1cccc(Br)c1O)c1ccc(Br)cc1Cl. The van der Waals surface area contributed by atoms with Crippen LogP contribution in [0.3, 0.4) is 0 Å². The molecule has 0 radical (unpaired) electrons. The zero-order valence-electron chi connectivity index (χ0n) is 9.77. The molecule has 8 heteroatoms.